The number of para-hydroxylation sites is 2. The molecule has 1 aromatic heterocycles. The van der Waals surface area contributed by atoms with Crippen LogP contribution in [0, 0.1) is 0 Å². The molecule has 7 nitrogen and oxygen atoms in total. The molecule has 7 heteroatoms. The number of urea groups is 1. The highest BCUT2D eigenvalue weighted by Crippen LogP contribution is 2.24. The summed E-state index contributed by atoms with van der Waals surface area (Å²) in [5, 5.41) is 2.96. The average molecular weight is 372 g/mol. The van der Waals surface area contributed by atoms with Gasteiger partial charge in [-0.15, -0.1) is 0 Å². The third kappa shape index (κ3) is 7.24. The third-order valence-corrected chi connectivity index (χ3v) is 3.87. The first-order valence-electron chi connectivity index (χ1n) is 8.90. The van der Waals surface area contributed by atoms with Crippen molar-refractivity contribution in [1.29, 1.82) is 0 Å². The molecule has 1 N–H and O–H groups in total. The van der Waals surface area contributed by atoms with Gasteiger partial charge in [0.15, 0.2) is 0 Å². The molecule has 0 bridgehead atoms. The van der Waals surface area contributed by atoms with Crippen molar-refractivity contribution in [3.8, 4) is 5.75 Å². The summed E-state index contributed by atoms with van der Waals surface area (Å²) in [6, 6.07) is 11.1. The van der Waals surface area contributed by atoms with Crippen molar-refractivity contribution in [2.24, 2.45) is 0 Å². The maximum atomic E-state index is 12.9. The number of aromatic nitrogens is 1. The number of pyridine rings is 1. The Labute approximate surface area is 160 Å². The largest absolute Gasteiger partial charge is 0.489 e. The number of nitrogens with zero attached hydrogens (tertiary/aromatic N) is 3. The molecule has 0 aliphatic carbocycles. The van der Waals surface area contributed by atoms with Gasteiger partial charge < -0.3 is 24.6 Å². The van der Waals surface area contributed by atoms with Crippen LogP contribution >= 0.6 is 0 Å². The van der Waals surface area contributed by atoms with E-state index in [-0.39, 0.29) is 6.03 Å². The molecule has 1 aromatic carbocycles. The quantitative estimate of drug-likeness (QED) is 0.650. The molecule has 27 heavy (non-hydrogen) atoms. The highest BCUT2D eigenvalue weighted by atomic mass is 16.5. The second kappa shape index (κ2) is 11.2. The zero-order chi connectivity index (χ0) is 19.5. The highest BCUT2D eigenvalue weighted by molar-refractivity contribution is 5.91. The molecule has 0 radical (unpaired) electrons. The van der Waals surface area contributed by atoms with Gasteiger partial charge in [-0.05, 0) is 37.9 Å². The molecule has 0 fully saturated rings. The number of likely N-dealkylation sites (N-methyl/N-ethyl adjacent to an activating group) is 1. The van der Waals surface area contributed by atoms with Crippen LogP contribution in [0.5, 0.6) is 5.75 Å². The molecule has 2 aromatic rings. The summed E-state index contributed by atoms with van der Waals surface area (Å²) < 4.78 is 10.7. The number of amides is 2. The highest BCUT2D eigenvalue weighted by Gasteiger charge is 2.16. The lowest BCUT2D eigenvalue weighted by Gasteiger charge is -2.25. The molecule has 2 rings (SSSR count). The van der Waals surface area contributed by atoms with Crippen molar-refractivity contribution < 1.29 is 14.3 Å². The third-order valence-electron chi connectivity index (χ3n) is 3.87. The van der Waals surface area contributed by atoms with E-state index in [4.69, 9.17) is 9.47 Å². The van der Waals surface area contributed by atoms with E-state index in [1.807, 2.05) is 55.4 Å². The average Bonchev–Trinajstić information content (AvgIpc) is 2.67. The Kier molecular flexibility index (Phi) is 8.54. The van der Waals surface area contributed by atoms with Crippen molar-refractivity contribution in [3.05, 3.63) is 54.4 Å². The van der Waals surface area contributed by atoms with Gasteiger partial charge in [0.2, 0.25) is 0 Å². The number of hydrogen-bond acceptors (Lipinski definition) is 5. The second-order valence-corrected chi connectivity index (χ2v) is 6.35. The van der Waals surface area contributed by atoms with Gasteiger partial charge in [-0.1, -0.05) is 18.2 Å². The van der Waals surface area contributed by atoms with Gasteiger partial charge in [-0.25, -0.2) is 4.79 Å². The number of ether oxygens (including phenoxy) is 2. The van der Waals surface area contributed by atoms with Crippen LogP contribution in [0.25, 0.3) is 0 Å². The van der Waals surface area contributed by atoms with Crippen molar-refractivity contribution in [2.45, 2.75) is 6.54 Å². The normalized spacial score (nSPS) is 10.7. The summed E-state index contributed by atoms with van der Waals surface area (Å²) in [5.41, 5.74) is 1.62. The van der Waals surface area contributed by atoms with E-state index in [0.29, 0.717) is 37.7 Å². The van der Waals surface area contributed by atoms with Crippen LogP contribution < -0.4 is 10.1 Å². The van der Waals surface area contributed by atoms with E-state index in [2.05, 4.69) is 10.3 Å². The molecule has 0 saturated heterocycles. The van der Waals surface area contributed by atoms with Crippen LogP contribution in [0.4, 0.5) is 10.5 Å². The number of hydrogen-bond donors (Lipinski definition) is 1. The first kappa shape index (κ1) is 20.7. The van der Waals surface area contributed by atoms with Crippen LogP contribution in [0.2, 0.25) is 0 Å². The SMILES string of the molecule is COCCOc1ccccc1NC(=O)N(CCN(C)C)Cc1cccnc1. The molecular weight excluding hydrogens is 344 g/mol. The fraction of sp³-hybridized carbons (Fsp3) is 0.400. The number of carbonyl (C=O) groups is 1. The van der Waals surface area contributed by atoms with Crippen molar-refractivity contribution in [1.82, 2.24) is 14.8 Å². The summed E-state index contributed by atoms with van der Waals surface area (Å²) in [6.07, 6.45) is 3.50. The minimum Gasteiger partial charge on any atom is -0.489 e. The number of carbonyl (C=O) groups excluding carboxylic acids is 1. The molecule has 0 aliphatic rings. The molecule has 2 amide bonds. The number of rotatable bonds is 10. The first-order chi connectivity index (χ1) is 13.1. The van der Waals surface area contributed by atoms with Crippen molar-refractivity contribution in [2.75, 3.05) is 52.8 Å². The number of benzene rings is 1. The minimum atomic E-state index is -0.177. The van der Waals surface area contributed by atoms with E-state index in [0.717, 1.165) is 12.1 Å². The summed E-state index contributed by atoms with van der Waals surface area (Å²) in [6.45, 7) is 2.75. The van der Waals surface area contributed by atoms with Gasteiger partial charge in [-0.2, -0.15) is 0 Å². The summed E-state index contributed by atoms with van der Waals surface area (Å²) >= 11 is 0. The fourth-order valence-corrected chi connectivity index (χ4v) is 2.41. The Morgan fingerprint density at radius 3 is 2.63 bits per heavy atom. The maximum Gasteiger partial charge on any atom is 0.322 e. The maximum absolute atomic E-state index is 12.9. The van der Waals surface area contributed by atoms with Crippen LogP contribution in [0.15, 0.2) is 48.8 Å². The first-order valence-corrected chi connectivity index (χ1v) is 8.90. The fourth-order valence-electron chi connectivity index (χ4n) is 2.41. The number of nitrogens with one attached hydrogen (secondary N) is 1. The topological polar surface area (TPSA) is 66.9 Å². The second-order valence-electron chi connectivity index (χ2n) is 6.35. The Morgan fingerprint density at radius 1 is 1.11 bits per heavy atom. The summed E-state index contributed by atoms with van der Waals surface area (Å²) in [7, 11) is 5.59. The Bertz CT molecular complexity index is 695. The smallest absolute Gasteiger partial charge is 0.322 e. The van der Waals surface area contributed by atoms with E-state index >= 15 is 0 Å². The summed E-state index contributed by atoms with van der Waals surface area (Å²) in [5.74, 6) is 0.622. The van der Waals surface area contributed by atoms with Gasteiger partial charge in [0.25, 0.3) is 0 Å². The lowest BCUT2D eigenvalue weighted by molar-refractivity contribution is 0.146. The van der Waals surface area contributed by atoms with Gasteiger partial charge in [0.05, 0.1) is 12.3 Å². The van der Waals surface area contributed by atoms with E-state index < -0.39 is 0 Å². The predicted octanol–water partition coefficient (Wildman–Crippen LogP) is 2.70. The lowest BCUT2D eigenvalue weighted by atomic mass is 10.2. The minimum absolute atomic E-state index is 0.177. The van der Waals surface area contributed by atoms with Gasteiger partial charge in [0.1, 0.15) is 12.4 Å². The molecule has 0 saturated carbocycles. The van der Waals surface area contributed by atoms with E-state index in [9.17, 15) is 4.79 Å². The molecule has 0 unspecified atom stereocenters. The van der Waals surface area contributed by atoms with Crippen LogP contribution in [0.3, 0.4) is 0 Å². The molecule has 0 atom stereocenters. The number of methoxy groups -OCH3 is 1. The Balaban J connectivity index is 2.08. The van der Waals surface area contributed by atoms with Crippen molar-refractivity contribution in [3.63, 3.8) is 0 Å². The van der Waals surface area contributed by atoms with E-state index in [1.54, 1.807) is 24.4 Å². The van der Waals surface area contributed by atoms with Crippen LogP contribution in [0.1, 0.15) is 5.56 Å². The number of anilines is 1. The zero-order valence-electron chi connectivity index (χ0n) is 16.2. The zero-order valence-corrected chi connectivity index (χ0v) is 16.2. The Morgan fingerprint density at radius 2 is 1.93 bits per heavy atom. The van der Waals surface area contributed by atoms with Crippen molar-refractivity contribution >= 4 is 11.7 Å². The standard InChI is InChI=1S/C20H28N4O3/c1-23(2)11-12-24(16-17-7-6-10-21-15-17)20(25)22-18-8-4-5-9-19(18)27-14-13-26-3/h4-10,15H,11-14,16H2,1-3H3,(H,22,25). The molecular formula is C20H28N4O3. The molecule has 0 aliphatic heterocycles. The van der Waals surface area contributed by atoms with Gasteiger partial charge in [-0.3, -0.25) is 4.98 Å². The van der Waals surface area contributed by atoms with Gasteiger partial charge >= 0.3 is 6.03 Å². The van der Waals surface area contributed by atoms with Gasteiger partial charge in [0, 0.05) is 39.1 Å². The van der Waals surface area contributed by atoms with E-state index in [1.165, 1.54) is 0 Å². The predicted molar refractivity (Wildman–Crippen MR) is 106 cm³/mol. The summed E-state index contributed by atoms with van der Waals surface area (Å²) in [4.78, 5) is 20.9. The lowest BCUT2D eigenvalue weighted by Crippen LogP contribution is -2.39. The van der Waals surface area contributed by atoms with Crippen LogP contribution in [-0.2, 0) is 11.3 Å². The molecule has 0 spiro atoms. The van der Waals surface area contributed by atoms with Crippen LogP contribution in [-0.4, -0.2) is 68.3 Å². The molecule has 1 heterocycles. The monoisotopic (exact) mass is 372 g/mol. The Hall–Kier alpha value is -2.64. The molecule has 146 valence electrons.